The zero-order valence-electron chi connectivity index (χ0n) is 11.1. The van der Waals surface area contributed by atoms with Crippen molar-refractivity contribution in [1.29, 1.82) is 0 Å². The van der Waals surface area contributed by atoms with E-state index in [1.165, 1.54) is 12.1 Å². The number of hydrogen-bond acceptors (Lipinski definition) is 3. The number of carbonyl (C=O) groups is 1. The van der Waals surface area contributed by atoms with Crippen LogP contribution in [0.25, 0.3) is 6.08 Å². The van der Waals surface area contributed by atoms with Crippen molar-refractivity contribution >= 4 is 27.8 Å². The van der Waals surface area contributed by atoms with Gasteiger partial charge in [-0.25, -0.2) is 8.78 Å². The van der Waals surface area contributed by atoms with Gasteiger partial charge in [-0.15, -0.1) is 0 Å². The quantitative estimate of drug-likeness (QED) is 0.598. The van der Waals surface area contributed by atoms with Crippen LogP contribution in [0.3, 0.4) is 0 Å². The van der Waals surface area contributed by atoms with Crippen LogP contribution in [-0.2, 0) is 0 Å². The molecule has 0 unspecified atom stereocenters. The molecule has 3 nitrogen and oxygen atoms in total. The second kappa shape index (κ2) is 5.88. The van der Waals surface area contributed by atoms with Crippen molar-refractivity contribution in [3.8, 4) is 11.5 Å². The highest BCUT2D eigenvalue weighted by molar-refractivity contribution is 9.10. The van der Waals surface area contributed by atoms with E-state index in [2.05, 4.69) is 15.9 Å². The van der Waals surface area contributed by atoms with Crippen LogP contribution in [0.2, 0.25) is 0 Å². The summed E-state index contributed by atoms with van der Waals surface area (Å²) >= 11 is 3.37. The first-order chi connectivity index (χ1) is 10.5. The third-order valence-electron chi connectivity index (χ3n) is 3.11. The number of hydrogen-bond donors (Lipinski definition) is 0. The van der Waals surface area contributed by atoms with Crippen LogP contribution in [-0.4, -0.2) is 12.6 Å². The van der Waals surface area contributed by atoms with Gasteiger partial charge in [0.15, 0.2) is 28.9 Å². The van der Waals surface area contributed by atoms with Crippen LogP contribution in [0, 0.1) is 11.6 Å². The van der Waals surface area contributed by atoms with Gasteiger partial charge in [0.1, 0.15) is 0 Å². The van der Waals surface area contributed by atoms with E-state index in [0.717, 1.165) is 16.6 Å². The van der Waals surface area contributed by atoms with Crippen LogP contribution in [0.15, 0.2) is 40.9 Å². The lowest BCUT2D eigenvalue weighted by Crippen LogP contribution is -1.96. The number of ether oxygens (including phenoxy) is 2. The lowest BCUT2D eigenvalue weighted by molar-refractivity contribution is 0.104. The molecular formula is C16H9BrF2O3. The summed E-state index contributed by atoms with van der Waals surface area (Å²) < 4.78 is 37.2. The van der Waals surface area contributed by atoms with Gasteiger partial charge >= 0.3 is 0 Å². The van der Waals surface area contributed by atoms with E-state index < -0.39 is 17.4 Å². The predicted molar refractivity (Wildman–Crippen MR) is 80.0 cm³/mol. The molecule has 22 heavy (non-hydrogen) atoms. The van der Waals surface area contributed by atoms with E-state index in [1.54, 1.807) is 18.2 Å². The summed E-state index contributed by atoms with van der Waals surface area (Å²) in [6, 6.07) is 6.49. The molecule has 1 heterocycles. The molecule has 0 aromatic heterocycles. The van der Waals surface area contributed by atoms with E-state index in [0.29, 0.717) is 17.1 Å². The smallest absolute Gasteiger partial charge is 0.231 e. The summed E-state index contributed by atoms with van der Waals surface area (Å²) in [6.07, 6.45) is 2.85. The fourth-order valence-corrected chi connectivity index (χ4v) is 2.43. The molecule has 0 bridgehead atoms. The van der Waals surface area contributed by atoms with Crippen LogP contribution in [0.1, 0.15) is 15.9 Å². The van der Waals surface area contributed by atoms with Crippen LogP contribution >= 0.6 is 15.9 Å². The Morgan fingerprint density at radius 3 is 2.55 bits per heavy atom. The third kappa shape index (κ3) is 2.87. The maximum Gasteiger partial charge on any atom is 0.231 e. The van der Waals surface area contributed by atoms with Gasteiger partial charge in [0, 0.05) is 10.0 Å². The van der Waals surface area contributed by atoms with E-state index in [1.807, 2.05) is 0 Å². The van der Waals surface area contributed by atoms with Gasteiger partial charge < -0.3 is 9.47 Å². The minimum atomic E-state index is -1.05. The third-order valence-corrected chi connectivity index (χ3v) is 3.80. The molecule has 3 rings (SSSR count). The predicted octanol–water partition coefficient (Wildman–Crippen LogP) is 4.35. The van der Waals surface area contributed by atoms with Gasteiger partial charge in [-0.3, -0.25) is 4.79 Å². The second-order valence-electron chi connectivity index (χ2n) is 4.55. The van der Waals surface area contributed by atoms with Crippen molar-refractivity contribution in [3.63, 3.8) is 0 Å². The standard InChI is InChI=1S/C16H9BrF2O3/c17-11-7-16-15(21-8-22-16)6-9(11)2-4-14(20)10-1-3-12(18)13(19)5-10/h1-7H,8H2/b4-2+. The summed E-state index contributed by atoms with van der Waals surface area (Å²) in [5.41, 5.74) is 0.784. The minimum Gasteiger partial charge on any atom is -0.454 e. The lowest BCUT2D eigenvalue weighted by atomic mass is 10.1. The maximum atomic E-state index is 13.1. The van der Waals surface area contributed by atoms with Gasteiger partial charge in [0.2, 0.25) is 6.79 Å². The Hall–Kier alpha value is -2.21. The molecule has 0 spiro atoms. The molecule has 112 valence electrons. The molecule has 6 heteroatoms. The van der Waals surface area contributed by atoms with Crippen LogP contribution in [0.4, 0.5) is 8.78 Å². The Morgan fingerprint density at radius 1 is 1.09 bits per heavy atom. The summed E-state index contributed by atoms with van der Waals surface area (Å²) in [4.78, 5) is 12.0. The molecule has 0 saturated carbocycles. The largest absolute Gasteiger partial charge is 0.454 e. The fourth-order valence-electron chi connectivity index (χ4n) is 1.97. The number of benzene rings is 2. The summed E-state index contributed by atoms with van der Waals surface area (Å²) in [5, 5.41) is 0. The highest BCUT2D eigenvalue weighted by atomic mass is 79.9. The average molecular weight is 367 g/mol. The van der Waals surface area contributed by atoms with Crippen LogP contribution < -0.4 is 9.47 Å². The highest BCUT2D eigenvalue weighted by Crippen LogP contribution is 2.37. The van der Waals surface area contributed by atoms with E-state index in [4.69, 9.17) is 9.47 Å². The molecule has 1 aliphatic rings. The molecule has 2 aromatic rings. The molecule has 0 fully saturated rings. The Kier molecular flexibility index (Phi) is 3.94. The average Bonchev–Trinajstić information content (AvgIpc) is 2.94. The van der Waals surface area contributed by atoms with E-state index in [-0.39, 0.29) is 12.4 Å². The van der Waals surface area contributed by atoms with E-state index in [9.17, 15) is 13.6 Å². The lowest BCUT2D eigenvalue weighted by Gasteiger charge is -2.02. The second-order valence-corrected chi connectivity index (χ2v) is 5.41. The number of fused-ring (bicyclic) bond motifs is 1. The van der Waals surface area contributed by atoms with Crippen LogP contribution in [0.5, 0.6) is 11.5 Å². The van der Waals surface area contributed by atoms with Crippen molar-refractivity contribution < 1.29 is 23.0 Å². The molecule has 1 aliphatic heterocycles. The first-order valence-electron chi connectivity index (χ1n) is 6.31. The zero-order valence-corrected chi connectivity index (χ0v) is 12.7. The van der Waals surface area contributed by atoms with Crippen molar-refractivity contribution in [2.45, 2.75) is 0 Å². The topological polar surface area (TPSA) is 35.5 Å². The van der Waals surface area contributed by atoms with Gasteiger partial charge in [-0.05, 0) is 48.0 Å². The zero-order chi connectivity index (χ0) is 15.7. The van der Waals surface area contributed by atoms with Gasteiger partial charge in [-0.1, -0.05) is 15.9 Å². The number of allylic oxidation sites excluding steroid dienone is 1. The molecule has 0 atom stereocenters. The first kappa shape index (κ1) is 14.7. The van der Waals surface area contributed by atoms with Crippen molar-refractivity contribution in [1.82, 2.24) is 0 Å². The van der Waals surface area contributed by atoms with E-state index >= 15 is 0 Å². The normalized spacial score (nSPS) is 12.9. The Labute approximate surface area is 133 Å². The molecule has 0 radical (unpaired) electrons. The minimum absolute atomic E-state index is 0.0759. The Bertz CT molecular complexity index is 787. The SMILES string of the molecule is O=C(/C=C/c1cc2c(cc1Br)OCO2)c1ccc(F)c(F)c1. The molecule has 0 amide bonds. The molecule has 2 aromatic carbocycles. The summed E-state index contributed by atoms with van der Waals surface area (Å²) in [6.45, 7) is 0.155. The molecule has 0 N–H and O–H groups in total. The number of ketones is 1. The van der Waals surface area contributed by atoms with Crippen molar-refractivity contribution in [3.05, 3.63) is 63.6 Å². The number of carbonyl (C=O) groups excluding carboxylic acids is 1. The van der Waals surface area contributed by atoms with Gasteiger partial charge in [-0.2, -0.15) is 0 Å². The first-order valence-corrected chi connectivity index (χ1v) is 7.10. The van der Waals surface area contributed by atoms with Gasteiger partial charge in [0.05, 0.1) is 0 Å². The van der Waals surface area contributed by atoms with Crippen molar-refractivity contribution in [2.24, 2.45) is 0 Å². The number of rotatable bonds is 3. The Morgan fingerprint density at radius 2 is 1.82 bits per heavy atom. The fraction of sp³-hybridized carbons (Fsp3) is 0.0625. The molecule has 0 aliphatic carbocycles. The van der Waals surface area contributed by atoms with Gasteiger partial charge in [0.25, 0.3) is 0 Å². The molecule has 0 saturated heterocycles. The molecular weight excluding hydrogens is 358 g/mol. The summed E-state index contributed by atoms with van der Waals surface area (Å²) in [5.74, 6) is -1.26. The monoisotopic (exact) mass is 366 g/mol. The maximum absolute atomic E-state index is 13.1. The number of halogens is 3. The highest BCUT2D eigenvalue weighted by Gasteiger charge is 2.15. The Balaban J connectivity index is 1.84. The summed E-state index contributed by atoms with van der Waals surface area (Å²) in [7, 11) is 0. The van der Waals surface area contributed by atoms with Crippen molar-refractivity contribution in [2.75, 3.05) is 6.79 Å².